The van der Waals surface area contributed by atoms with Crippen molar-refractivity contribution in [2.45, 2.75) is 50.6 Å². The van der Waals surface area contributed by atoms with E-state index in [9.17, 15) is 22.4 Å². The minimum atomic E-state index is -4.77. The minimum Gasteiger partial charge on any atom is -0.444 e. The van der Waals surface area contributed by atoms with Gasteiger partial charge in [0.05, 0.1) is 5.69 Å². The van der Waals surface area contributed by atoms with Gasteiger partial charge in [0, 0.05) is 23.3 Å². The highest BCUT2D eigenvalue weighted by molar-refractivity contribution is 5.73. The molecule has 7 nitrogen and oxygen atoms in total. The molecule has 0 spiro atoms. The Morgan fingerprint density at radius 1 is 1.16 bits per heavy atom. The van der Waals surface area contributed by atoms with Gasteiger partial charge in [0.2, 0.25) is 11.8 Å². The van der Waals surface area contributed by atoms with Crippen LogP contribution in [-0.4, -0.2) is 21.0 Å². The number of rotatable bonds is 8. The molecule has 2 heterocycles. The second-order valence-electron chi connectivity index (χ2n) is 7.79. The van der Waals surface area contributed by atoms with E-state index in [-0.39, 0.29) is 31.0 Å². The molecule has 0 aliphatic carbocycles. The summed E-state index contributed by atoms with van der Waals surface area (Å²) in [6.07, 6.45) is -3.02. The van der Waals surface area contributed by atoms with E-state index in [4.69, 9.17) is 10.2 Å². The first-order valence-corrected chi connectivity index (χ1v) is 9.37. The third-order valence-corrected chi connectivity index (χ3v) is 4.83. The number of benzene rings is 1. The fourth-order valence-corrected chi connectivity index (χ4v) is 3.18. The van der Waals surface area contributed by atoms with Crippen molar-refractivity contribution in [2.75, 3.05) is 0 Å². The molecule has 0 bridgehead atoms. The third-order valence-electron chi connectivity index (χ3n) is 4.83. The Kier molecular flexibility index (Phi) is 6.14. The van der Waals surface area contributed by atoms with Crippen molar-refractivity contribution in [3.8, 4) is 11.5 Å². The zero-order valence-corrected chi connectivity index (χ0v) is 16.7. The average molecular weight is 440 g/mol. The van der Waals surface area contributed by atoms with Gasteiger partial charge in [0.1, 0.15) is 12.1 Å². The number of aromatic nitrogens is 3. The molecule has 1 amide bonds. The predicted octanol–water partition coefficient (Wildman–Crippen LogP) is 4.60. The number of carbonyl (C=O) groups excluding carboxylic acids is 1. The summed E-state index contributed by atoms with van der Waals surface area (Å²) in [4.78, 5) is 19.2. The fraction of sp³-hybridized carbons (Fsp3) is 0.400. The normalized spacial score (nSPS) is 13.4. The third kappa shape index (κ3) is 5.47. The van der Waals surface area contributed by atoms with Gasteiger partial charge in [0.15, 0.2) is 5.82 Å². The summed E-state index contributed by atoms with van der Waals surface area (Å²) in [5.74, 6) is -2.98. The van der Waals surface area contributed by atoms with E-state index in [0.29, 0.717) is 11.3 Å². The monoisotopic (exact) mass is 440 g/mol. The van der Waals surface area contributed by atoms with Crippen LogP contribution in [0, 0.1) is 5.82 Å². The quantitative estimate of drug-likeness (QED) is 0.513. The van der Waals surface area contributed by atoms with E-state index >= 15 is 0 Å². The van der Waals surface area contributed by atoms with E-state index in [2.05, 4.69) is 19.6 Å². The molecule has 2 aromatic heterocycles. The van der Waals surface area contributed by atoms with Crippen LogP contribution in [0.1, 0.15) is 56.4 Å². The molecule has 11 heteroatoms. The Hall–Kier alpha value is -3.24. The molecule has 166 valence electrons. The lowest BCUT2D eigenvalue weighted by atomic mass is 9.78. The van der Waals surface area contributed by atoms with Crippen LogP contribution in [0.3, 0.4) is 0 Å². The second kappa shape index (κ2) is 8.48. The Balaban J connectivity index is 1.84. The molecule has 31 heavy (non-hydrogen) atoms. The highest BCUT2D eigenvalue weighted by Gasteiger charge is 2.40. The van der Waals surface area contributed by atoms with E-state index in [1.54, 1.807) is 0 Å². The Morgan fingerprint density at radius 2 is 1.84 bits per heavy atom. The maximum absolute atomic E-state index is 13.1. The van der Waals surface area contributed by atoms with Gasteiger partial charge < -0.3 is 14.7 Å². The molecule has 1 unspecified atom stereocenters. The van der Waals surface area contributed by atoms with Gasteiger partial charge in [-0.3, -0.25) is 4.79 Å². The molecule has 0 saturated carbocycles. The SMILES string of the molecule is CC(C)(CC(CCC(N)=O)c1noc(C(F)(F)F)n1)c1coc(-c2ccc(F)cc2)n1. The maximum Gasteiger partial charge on any atom is 0.471 e. The van der Waals surface area contributed by atoms with Crippen LogP contribution in [0.2, 0.25) is 0 Å². The predicted molar refractivity (Wildman–Crippen MR) is 100 cm³/mol. The molecule has 1 aromatic carbocycles. The smallest absolute Gasteiger partial charge is 0.444 e. The van der Waals surface area contributed by atoms with Crippen molar-refractivity contribution in [1.29, 1.82) is 0 Å². The fourth-order valence-electron chi connectivity index (χ4n) is 3.18. The minimum absolute atomic E-state index is 0.0592. The van der Waals surface area contributed by atoms with E-state index < -0.39 is 35.1 Å². The highest BCUT2D eigenvalue weighted by Crippen LogP contribution is 2.38. The zero-order valence-electron chi connectivity index (χ0n) is 16.7. The van der Waals surface area contributed by atoms with Gasteiger partial charge in [-0.05, 0) is 37.1 Å². The van der Waals surface area contributed by atoms with Crippen molar-refractivity contribution in [3.63, 3.8) is 0 Å². The number of nitrogens with two attached hydrogens (primary N) is 1. The molecule has 3 aromatic rings. The summed E-state index contributed by atoms with van der Waals surface area (Å²) in [7, 11) is 0. The summed E-state index contributed by atoms with van der Waals surface area (Å²) in [5.41, 5.74) is 5.61. The molecule has 1 atom stereocenters. The van der Waals surface area contributed by atoms with E-state index in [0.717, 1.165) is 0 Å². The van der Waals surface area contributed by atoms with E-state index in [1.807, 2.05) is 13.8 Å². The van der Waals surface area contributed by atoms with Crippen LogP contribution in [0.15, 0.2) is 39.5 Å². The highest BCUT2D eigenvalue weighted by atomic mass is 19.4. The van der Waals surface area contributed by atoms with Crippen molar-refractivity contribution in [3.05, 3.63) is 53.8 Å². The standard InChI is InChI=1S/C20H20F4N4O3/c1-19(2,14-10-30-17(26-14)11-3-6-13(21)7-4-11)9-12(5-8-15(25)29)16-27-18(31-28-16)20(22,23)24/h3-4,6-7,10,12H,5,8-9H2,1-2H3,(H2,25,29). The maximum atomic E-state index is 13.1. The number of hydrogen-bond donors (Lipinski definition) is 1. The van der Waals surface area contributed by atoms with Crippen molar-refractivity contribution in [2.24, 2.45) is 5.73 Å². The first-order chi connectivity index (χ1) is 14.5. The second-order valence-corrected chi connectivity index (χ2v) is 7.79. The topological polar surface area (TPSA) is 108 Å². The number of primary amides is 1. The number of hydrogen-bond acceptors (Lipinski definition) is 6. The molecule has 0 fully saturated rings. The van der Waals surface area contributed by atoms with Gasteiger partial charge in [-0.1, -0.05) is 19.0 Å². The van der Waals surface area contributed by atoms with Crippen LogP contribution < -0.4 is 5.73 Å². The lowest BCUT2D eigenvalue weighted by molar-refractivity contribution is -0.159. The van der Waals surface area contributed by atoms with Crippen LogP contribution in [-0.2, 0) is 16.4 Å². The van der Waals surface area contributed by atoms with Gasteiger partial charge in [-0.15, -0.1) is 0 Å². The lowest BCUT2D eigenvalue weighted by Crippen LogP contribution is -2.23. The van der Waals surface area contributed by atoms with Crippen LogP contribution >= 0.6 is 0 Å². The summed E-state index contributed by atoms with van der Waals surface area (Å²) >= 11 is 0. The summed E-state index contributed by atoms with van der Waals surface area (Å²) in [6.45, 7) is 3.64. The van der Waals surface area contributed by atoms with Gasteiger partial charge >= 0.3 is 12.1 Å². The van der Waals surface area contributed by atoms with Crippen LogP contribution in [0.4, 0.5) is 17.6 Å². The Labute approximate surface area is 174 Å². The molecular formula is C20H20F4N4O3. The Bertz CT molecular complexity index is 1040. The van der Waals surface area contributed by atoms with Crippen molar-refractivity contribution >= 4 is 5.91 Å². The molecule has 3 rings (SSSR count). The average Bonchev–Trinajstić information content (AvgIpc) is 3.35. The van der Waals surface area contributed by atoms with Crippen LogP contribution in [0.25, 0.3) is 11.5 Å². The van der Waals surface area contributed by atoms with Crippen LogP contribution in [0.5, 0.6) is 0 Å². The number of halogens is 4. The lowest BCUT2D eigenvalue weighted by Gasteiger charge is -2.26. The van der Waals surface area contributed by atoms with Gasteiger partial charge in [-0.25, -0.2) is 9.37 Å². The summed E-state index contributed by atoms with van der Waals surface area (Å²) in [5, 5.41) is 3.46. The number of amides is 1. The Morgan fingerprint density at radius 3 is 2.42 bits per heavy atom. The largest absolute Gasteiger partial charge is 0.471 e. The first kappa shape index (κ1) is 22.4. The number of alkyl halides is 3. The molecule has 2 N–H and O–H groups in total. The molecular weight excluding hydrogens is 420 g/mol. The summed E-state index contributed by atoms with van der Waals surface area (Å²) < 4.78 is 61.5. The first-order valence-electron chi connectivity index (χ1n) is 9.37. The molecule has 0 radical (unpaired) electrons. The molecule has 0 aliphatic rings. The van der Waals surface area contributed by atoms with E-state index in [1.165, 1.54) is 30.5 Å². The molecule has 0 saturated heterocycles. The number of carbonyl (C=O) groups is 1. The zero-order chi connectivity index (χ0) is 22.8. The molecule has 0 aliphatic heterocycles. The summed E-state index contributed by atoms with van der Waals surface area (Å²) in [6, 6.07) is 5.59. The van der Waals surface area contributed by atoms with Gasteiger partial charge in [-0.2, -0.15) is 18.2 Å². The number of oxazole rings is 1. The van der Waals surface area contributed by atoms with Crippen molar-refractivity contribution < 1.29 is 31.3 Å². The van der Waals surface area contributed by atoms with Gasteiger partial charge in [0.25, 0.3) is 0 Å². The number of nitrogens with zero attached hydrogens (tertiary/aromatic N) is 3. The van der Waals surface area contributed by atoms with Crippen molar-refractivity contribution in [1.82, 2.24) is 15.1 Å².